The van der Waals surface area contributed by atoms with Crippen molar-refractivity contribution in [2.24, 2.45) is 0 Å². The van der Waals surface area contributed by atoms with Crippen LogP contribution in [-0.2, 0) is 11.2 Å². The molecule has 1 heterocycles. The third kappa shape index (κ3) is 5.19. The van der Waals surface area contributed by atoms with Gasteiger partial charge in [-0.15, -0.1) is 0 Å². The molecule has 0 bridgehead atoms. The minimum atomic E-state index is -0.515. The van der Waals surface area contributed by atoms with Crippen molar-refractivity contribution in [3.8, 4) is 0 Å². The number of hydrogen-bond donors (Lipinski definition) is 2. The van der Waals surface area contributed by atoms with Crippen molar-refractivity contribution in [2.45, 2.75) is 45.8 Å². The Morgan fingerprint density at radius 2 is 2.24 bits per heavy atom. The molecule has 0 aliphatic heterocycles. The number of nitrogens with zero attached hydrogens (tertiary/aromatic N) is 2. The Kier molecular flexibility index (Phi) is 3.93. The monoisotopic (exact) mass is 242 g/mol. The Labute approximate surface area is 99.7 Å². The minimum Gasteiger partial charge on any atom is -0.444 e. The minimum absolute atomic E-state index is 0.0875. The molecule has 1 rings (SSSR count). The molecule has 0 spiro atoms. The van der Waals surface area contributed by atoms with Gasteiger partial charge in [0.2, 0.25) is 5.89 Å². The standard InChI is InChI=1S/C10H18N4O3/c1-6(5-7-13-8(11)14-17-7)12-9(15)16-10(2,3)4/h6H,5H2,1-4H3,(H2,11,14)(H,12,15). The van der Waals surface area contributed by atoms with Crippen molar-refractivity contribution >= 4 is 12.0 Å². The summed E-state index contributed by atoms with van der Waals surface area (Å²) >= 11 is 0. The van der Waals surface area contributed by atoms with E-state index in [0.717, 1.165) is 0 Å². The molecule has 7 heteroatoms. The van der Waals surface area contributed by atoms with Crippen LogP contribution in [0.2, 0.25) is 0 Å². The third-order valence-electron chi connectivity index (χ3n) is 1.73. The highest BCUT2D eigenvalue weighted by Gasteiger charge is 2.18. The van der Waals surface area contributed by atoms with Gasteiger partial charge < -0.3 is 20.3 Å². The molecule has 96 valence electrons. The van der Waals surface area contributed by atoms with Gasteiger partial charge in [-0.2, -0.15) is 4.98 Å². The normalized spacial score (nSPS) is 13.2. The summed E-state index contributed by atoms with van der Waals surface area (Å²) < 4.78 is 9.95. The summed E-state index contributed by atoms with van der Waals surface area (Å²) in [5, 5.41) is 6.12. The smallest absolute Gasteiger partial charge is 0.407 e. The number of nitrogens with two attached hydrogens (primary N) is 1. The number of nitrogen functional groups attached to an aromatic ring is 1. The third-order valence-corrected chi connectivity index (χ3v) is 1.73. The first-order valence-corrected chi connectivity index (χ1v) is 5.34. The Hall–Kier alpha value is -1.79. The molecule has 0 aliphatic carbocycles. The summed E-state index contributed by atoms with van der Waals surface area (Å²) in [4.78, 5) is 15.3. The van der Waals surface area contributed by atoms with Gasteiger partial charge in [0.25, 0.3) is 5.95 Å². The number of carbonyl (C=O) groups is 1. The Morgan fingerprint density at radius 1 is 1.59 bits per heavy atom. The average Bonchev–Trinajstić information content (AvgIpc) is 2.46. The van der Waals surface area contributed by atoms with Crippen LogP contribution in [0, 0.1) is 0 Å². The summed E-state index contributed by atoms with van der Waals surface area (Å²) in [5.41, 5.74) is 4.80. The number of ether oxygens (including phenoxy) is 1. The van der Waals surface area contributed by atoms with Gasteiger partial charge in [0.15, 0.2) is 0 Å². The van der Waals surface area contributed by atoms with Crippen LogP contribution in [0.3, 0.4) is 0 Å². The summed E-state index contributed by atoms with van der Waals surface area (Å²) in [6.07, 6.45) is -0.0684. The SMILES string of the molecule is CC(Cc1nc(N)no1)NC(=O)OC(C)(C)C. The van der Waals surface area contributed by atoms with Crippen LogP contribution >= 0.6 is 0 Å². The molecule has 17 heavy (non-hydrogen) atoms. The molecule has 1 amide bonds. The fourth-order valence-corrected chi connectivity index (χ4v) is 1.17. The summed E-state index contributed by atoms with van der Waals surface area (Å²) in [5.74, 6) is 0.468. The molecule has 0 fully saturated rings. The second-order valence-electron chi connectivity index (χ2n) is 4.80. The molecule has 0 saturated heterocycles. The van der Waals surface area contributed by atoms with Crippen molar-refractivity contribution in [1.82, 2.24) is 15.5 Å². The van der Waals surface area contributed by atoms with Crippen LogP contribution < -0.4 is 11.1 Å². The van der Waals surface area contributed by atoms with Crippen molar-refractivity contribution in [3.05, 3.63) is 5.89 Å². The van der Waals surface area contributed by atoms with E-state index in [9.17, 15) is 4.79 Å². The fraction of sp³-hybridized carbons (Fsp3) is 0.700. The van der Waals surface area contributed by atoms with Crippen LogP contribution in [0.25, 0.3) is 0 Å². The molecule has 1 aromatic rings. The molecule has 3 N–H and O–H groups in total. The van der Waals surface area contributed by atoms with Crippen molar-refractivity contribution in [2.75, 3.05) is 5.73 Å². The highest BCUT2D eigenvalue weighted by atomic mass is 16.6. The number of anilines is 1. The largest absolute Gasteiger partial charge is 0.444 e. The van der Waals surface area contributed by atoms with Gasteiger partial charge in [-0.3, -0.25) is 0 Å². The highest BCUT2D eigenvalue weighted by molar-refractivity contribution is 5.68. The van der Waals surface area contributed by atoms with Gasteiger partial charge in [0.1, 0.15) is 5.60 Å². The highest BCUT2D eigenvalue weighted by Crippen LogP contribution is 2.07. The second-order valence-corrected chi connectivity index (χ2v) is 4.80. The van der Waals surface area contributed by atoms with E-state index in [1.54, 1.807) is 20.8 Å². The number of alkyl carbamates (subject to hydrolysis) is 1. The van der Waals surface area contributed by atoms with Crippen molar-refractivity contribution in [1.29, 1.82) is 0 Å². The van der Waals surface area contributed by atoms with E-state index in [-0.39, 0.29) is 12.0 Å². The van der Waals surface area contributed by atoms with E-state index < -0.39 is 11.7 Å². The molecule has 1 atom stereocenters. The number of aromatic nitrogens is 2. The molecule has 7 nitrogen and oxygen atoms in total. The van der Waals surface area contributed by atoms with Crippen LogP contribution in [0.15, 0.2) is 4.52 Å². The lowest BCUT2D eigenvalue weighted by atomic mass is 10.2. The first-order chi connectivity index (χ1) is 7.76. The number of nitrogens with one attached hydrogen (secondary N) is 1. The quantitative estimate of drug-likeness (QED) is 0.822. The predicted octanol–water partition coefficient (Wildman–Crippen LogP) is 1.11. The van der Waals surface area contributed by atoms with E-state index in [1.165, 1.54) is 0 Å². The molecule has 0 saturated carbocycles. The van der Waals surface area contributed by atoms with E-state index in [2.05, 4.69) is 15.5 Å². The first-order valence-electron chi connectivity index (χ1n) is 5.34. The zero-order chi connectivity index (χ0) is 13.1. The molecule has 0 radical (unpaired) electrons. The second kappa shape index (κ2) is 5.03. The maximum atomic E-state index is 11.4. The Balaban J connectivity index is 2.39. The Bertz CT molecular complexity index is 383. The van der Waals surface area contributed by atoms with Crippen molar-refractivity contribution in [3.63, 3.8) is 0 Å². The van der Waals surface area contributed by atoms with Crippen molar-refractivity contribution < 1.29 is 14.1 Å². The lowest BCUT2D eigenvalue weighted by molar-refractivity contribution is 0.0507. The molecular weight excluding hydrogens is 224 g/mol. The predicted molar refractivity (Wildman–Crippen MR) is 61.2 cm³/mol. The molecule has 0 aliphatic rings. The van der Waals surface area contributed by atoms with Crippen LogP contribution in [-0.4, -0.2) is 27.9 Å². The van der Waals surface area contributed by atoms with Gasteiger partial charge >= 0.3 is 6.09 Å². The number of hydrogen-bond acceptors (Lipinski definition) is 6. The van der Waals surface area contributed by atoms with E-state index in [4.69, 9.17) is 15.0 Å². The van der Waals surface area contributed by atoms with E-state index in [0.29, 0.717) is 12.3 Å². The van der Waals surface area contributed by atoms with Gasteiger partial charge in [-0.25, -0.2) is 4.79 Å². The number of rotatable bonds is 3. The first kappa shape index (κ1) is 13.3. The van der Waals surface area contributed by atoms with Gasteiger partial charge in [0, 0.05) is 12.5 Å². The molecule has 1 aromatic heterocycles. The van der Waals surface area contributed by atoms with E-state index in [1.807, 2.05) is 6.92 Å². The molecule has 0 aromatic carbocycles. The van der Waals surface area contributed by atoms with Crippen LogP contribution in [0.4, 0.5) is 10.7 Å². The zero-order valence-corrected chi connectivity index (χ0v) is 10.5. The zero-order valence-electron chi connectivity index (χ0n) is 10.5. The lowest BCUT2D eigenvalue weighted by Crippen LogP contribution is -2.38. The summed E-state index contributed by atoms with van der Waals surface area (Å²) in [7, 11) is 0. The maximum Gasteiger partial charge on any atom is 0.407 e. The average molecular weight is 242 g/mol. The summed E-state index contributed by atoms with van der Waals surface area (Å²) in [6.45, 7) is 7.21. The lowest BCUT2D eigenvalue weighted by Gasteiger charge is -2.21. The maximum absolute atomic E-state index is 11.4. The molecular formula is C10H18N4O3. The van der Waals surface area contributed by atoms with Gasteiger partial charge in [-0.1, -0.05) is 0 Å². The number of carbonyl (C=O) groups excluding carboxylic acids is 1. The summed E-state index contributed by atoms with van der Waals surface area (Å²) in [6, 6.07) is -0.176. The Morgan fingerprint density at radius 3 is 2.71 bits per heavy atom. The van der Waals surface area contributed by atoms with E-state index >= 15 is 0 Å². The molecule has 1 unspecified atom stereocenters. The van der Waals surface area contributed by atoms with Crippen LogP contribution in [0.1, 0.15) is 33.6 Å². The number of amides is 1. The topological polar surface area (TPSA) is 103 Å². The fourth-order valence-electron chi connectivity index (χ4n) is 1.17. The van der Waals surface area contributed by atoms with Gasteiger partial charge in [0.05, 0.1) is 0 Å². The van der Waals surface area contributed by atoms with Crippen LogP contribution in [0.5, 0.6) is 0 Å². The van der Waals surface area contributed by atoms with Gasteiger partial charge in [-0.05, 0) is 32.9 Å².